The van der Waals surface area contributed by atoms with Crippen LogP contribution in [0.1, 0.15) is 0 Å². The number of rotatable bonds is 0. The summed E-state index contributed by atoms with van der Waals surface area (Å²) in [5.74, 6) is -0.118. The number of benzene rings is 1. The molecule has 0 unspecified atom stereocenters. The number of nitrogens with zero attached hydrogens (tertiary/aromatic N) is 4. The molecule has 0 spiro atoms. The quantitative estimate of drug-likeness (QED) is 0.563. The molecule has 3 rings (SSSR count). The summed E-state index contributed by atoms with van der Waals surface area (Å²) in [6, 6.07) is 3.39. The van der Waals surface area contributed by atoms with E-state index in [4.69, 9.17) is 0 Å². The van der Waals surface area contributed by atoms with Gasteiger partial charge in [-0.3, -0.25) is 0 Å². The predicted octanol–water partition coefficient (Wildman–Crippen LogP) is 0.872. The van der Waals surface area contributed by atoms with Crippen molar-refractivity contribution >= 4 is 21.8 Å². The first-order valence-electron chi connectivity index (χ1n) is 3.91. The molecule has 1 aromatic carbocycles. The lowest BCUT2D eigenvalue weighted by atomic mass is 10.2. The van der Waals surface area contributed by atoms with Gasteiger partial charge < -0.3 is 5.11 Å². The van der Waals surface area contributed by atoms with Gasteiger partial charge in [0.2, 0.25) is 5.88 Å². The summed E-state index contributed by atoms with van der Waals surface area (Å²) in [5, 5.41) is 25.2. The SMILES string of the molecule is Oc1nncc2cc3nonc3cc12. The third-order valence-electron chi connectivity index (χ3n) is 2.02. The fourth-order valence-electron chi connectivity index (χ4n) is 1.35. The zero-order chi connectivity index (χ0) is 9.54. The van der Waals surface area contributed by atoms with Crippen LogP contribution in [0.15, 0.2) is 23.0 Å². The molecule has 0 aliphatic carbocycles. The van der Waals surface area contributed by atoms with E-state index in [0.29, 0.717) is 16.4 Å². The molecule has 0 aliphatic rings. The van der Waals surface area contributed by atoms with Crippen LogP contribution in [0.4, 0.5) is 0 Å². The van der Waals surface area contributed by atoms with Crippen LogP contribution in [0, 0.1) is 0 Å². The van der Waals surface area contributed by atoms with Crippen LogP contribution in [0.25, 0.3) is 21.8 Å². The minimum absolute atomic E-state index is 0.118. The summed E-state index contributed by atoms with van der Waals surface area (Å²) in [6.07, 6.45) is 1.54. The average Bonchev–Trinajstić information content (AvgIpc) is 2.62. The van der Waals surface area contributed by atoms with Gasteiger partial charge in [0.15, 0.2) is 0 Å². The number of fused-ring (bicyclic) bond motifs is 2. The first-order chi connectivity index (χ1) is 6.84. The average molecular weight is 188 g/mol. The molecule has 0 aliphatic heterocycles. The maximum absolute atomic E-state index is 9.42. The van der Waals surface area contributed by atoms with E-state index in [1.807, 2.05) is 0 Å². The first kappa shape index (κ1) is 7.19. The molecule has 0 bridgehead atoms. The Labute approximate surface area is 77.1 Å². The summed E-state index contributed by atoms with van der Waals surface area (Å²) >= 11 is 0. The Balaban J connectivity index is 2.57. The zero-order valence-electron chi connectivity index (χ0n) is 6.88. The highest BCUT2D eigenvalue weighted by molar-refractivity contribution is 5.96. The van der Waals surface area contributed by atoms with Gasteiger partial charge in [0, 0.05) is 10.8 Å². The van der Waals surface area contributed by atoms with E-state index in [0.717, 1.165) is 5.39 Å². The van der Waals surface area contributed by atoms with Crippen LogP contribution in [-0.4, -0.2) is 25.6 Å². The second-order valence-corrected chi connectivity index (χ2v) is 2.86. The number of aromatic hydroxyl groups is 1. The van der Waals surface area contributed by atoms with Crippen LogP contribution in [0.3, 0.4) is 0 Å². The minimum Gasteiger partial charge on any atom is -0.492 e. The number of aromatic nitrogens is 4. The standard InChI is InChI=1S/C8H4N4O2/c13-8-5-2-7-6(11-14-12-7)1-4(5)3-9-10-8/h1-3H,(H,10,13). The van der Waals surface area contributed by atoms with Crippen molar-refractivity contribution in [2.24, 2.45) is 0 Å². The van der Waals surface area contributed by atoms with E-state index in [1.54, 1.807) is 18.3 Å². The van der Waals surface area contributed by atoms with Crippen molar-refractivity contribution in [3.8, 4) is 5.88 Å². The van der Waals surface area contributed by atoms with E-state index in [-0.39, 0.29) is 5.88 Å². The summed E-state index contributed by atoms with van der Waals surface area (Å²) in [5.41, 5.74) is 1.21. The Morgan fingerprint density at radius 1 is 1.14 bits per heavy atom. The fourth-order valence-corrected chi connectivity index (χ4v) is 1.35. The second-order valence-electron chi connectivity index (χ2n) is 2.86. The molecule has 0 radical (unpaired) electrons. The topological polar surface area (TPSA) is 84.9 Å². The normalized spacial score (nSPS) is 11.1. The lowest BCUT2D eigenvalue weighted by Crippen LogP contribution is -1.83. The molecule has 6 heteroatoms. The molecular formula is C8H4N4O2. The molecule has 0 atom stereocenters. The molecule has 6 nitrogen and oxygen atoms in total. The third kappa shape index (κ3) is 0.846. The molecule has 0 amide bonds. The van der Waals surface area contributed by atoms with Crippen molar-refractivity contribution < 1.29 is 9.74 Å². The summed E-state index contributed by atoms with van der Waals surface area (Å²) in [4.78, 5) is 0. The van der Waals surface area contributed by atoms with Crippen LogP contribution >= 0.6 is 0 Å². The Morgan fingerprint density at radius 3 is 2.79 bits per heavy atom. The Kier molecular flexibility index (Phi) is 1.22. The monoisotopic (exact) mass is 188 g/mol. The second kappa shape index (κ2) is 2.38. The maximum atomic E-state index is 9.42. The van der Waals surface area contributed by atoms with E-state index >= 15 is 0 Å². The van der Waals surface area contributed by atoms with E-state index in [1.165, 1.54) is 0 Å². The van der Waals surface area contributed by atoms with Gasteiger partial charge in [-0.05, 0) is 22.4 Å². The fraction of sp³-hybridized carbons (Fsp3) is 0. The molecular weight excluding hydrogens is 184 g/mol. The van der Waals surface area contributed by atoms with Crippen molar-refractivity contribution in [2.45, 2.75) is 0 Å². The van der Waals surface area contributed by atoms with Gasteiger partial charge in [0.1, 0.15) is 11.0 Å². The smallest absolute Gasteiger partial charge is 0.239 e. The highest BCUT2D eigenvalue weighted by atomic mass is 16.6. The van der Waals surface area contributed by atoms with Crippen molar-refractivity contribution in [2.75, 3.05) is 0 Å². The molecule has 2 aromatic heterocycles. The van der Waals surface area contributed by atoms with Gasteiger partial charge in [0.25, 0.3) is 0 Å². The van der Waals surface area contributed by atoms with Crippen molar-refractivity contribution in [1.29, 1.82) is 0 Å². The number of hydrogen-bond donors (Lipinski definition) is 1. The van der Waals surface area contributed by atoms with E-state index in [2.05, 4.69) is 25.1 Å². The first-order valence-corrected chi connectivity index (χ1v) is 3.91. The van der Waals surface area contributed by atoms with Gasteiger partial charge in [-0.2, -0.15) is 5.10 Å². The maximum Gasteiger partial charge on any atom is 0.239 e. The molecule has 14 heavy (non-hydrogen) atoms. The van der Waals surface area contributed by atoms with Gasteiger partial charge in [-0.25, -0.2) is 4.63 Å². The third-order valence-corrected chi connectivity index (χ3v) is 2.02. The van der Waals surface area contributed by atoms with Gasteiger partial charge in [-0.1, -0.05) is 0 Å². The molecule has 0 saturated heterocycles. The highest BCUT2D eigenvalue weighted by Gasteiger charge is 2.06. The van der Waals surface area contributed by atoms with Gasteiger partial charge in [0.05, 0.1) is 6.20 Å². The summed E-state index contributed by atoms with van der Waals surface area (Å²) < 4.78 is 4.55. The predicted molar refractivity (Wildman–Crippen MR) is 46.6 cm³/mol. The molecule has 3 aromatic rings. The van der Waals surface area contributed by atoms with Gasteiger partial charge >= 0.3 is 0 Å². The van der Waals surface area contributed by atoms with Crippen LogP contribution in [0.5, 0.6) is 5.88 Å². The molecule has 0 fully saturated rings. The summed E-state index contributed by atoms with van der Waals surface area (Å²) in [7, 11) is 0. The Bertz CT molecular complexity index is 619. The highest BCUT2D eigenvalue weighted by Crippen LogP contribution is 2.24. The lowest BCUT2D eigenvalue weighted by Gasteiger charge is -1.96. The van der Waals surface area contributed by atoms with Crippen molar-refractivity contribution in [1.82, 2.24) is 20.5 Å². The van der Waals surface area contributed by atoms with Gasteiger partial charge in [-0.15, -0.1) is 5.10 Å². The zero-order valence-corrected chi connectivity index (χ0v) is 6.88. The van der Waals surface area contributed by atoms with E-state index in [9.17, 15) is 5.11 Å². The lowest BCUT2D eigenvalue weighted by molar-refractivity contribution is 0.315. The molecule has 68 valence electrons. The Hall–Kier alpha value is -2.24. The van der Waals surface area contributed by atoms with Crippen molar-refractivity contribution in [3.63, 3.8) is 0 Å². The molecule has 2 heterocycles. The van der Waals surface area contributed by atoms with E-state index < -0.39 is 0 Å². The van der Waals surface area contributed by atoms with Crippen LogP contribution in [-0.2, 0) is 0 Å². The molecule has 0 saturated carbocycles. The number of hydrogen-bond acceptors (Lipinski definition) is 6. The molecule has 1 N–H and O–H groups in total. The van der Waals surface area contributed by atoms with Crippen LogP contribution in [0.2, 0.25) is 0 Å². The van der Waals surface area contributed by atoms with Crippen LogP contribution < -0.4 is 0 Å². The van der Waals surface area contributed by atoms with Crippen molar-refractivity contribution in [3.05, 3.63) is 18.3 Å². The largest absolute Gasteiger partial charge is 0.492 e. The Morgan fingerprint density at radius 2 is 1.93 bits per heavy atom. The minimum atomic E-state index is -0.118. The summed E-state index contributed by atoms with van der Waals surface area (Å²) in [6.45, 7) is 0.